The van der Waals surface area contributed by atoms with E-state index in [0.717, 1.165) is 54.1 Å². The predicted octanol–water partition coefficient (Wildman–Crippen LogP) is 3.78. The summed E-state index contributed by atoms with van der Waals surface area (Å²) >= 11 is 0. The highest BCUT2D eigenvalue weighted by Crippen LogP contribution is 2.22. The minimum atomic E-state index is -0.412. The molecule has 166 valence electrons. The number of carbonyl (C=O) groups is 2. The fraction of sp³-hybridized carbons (Fsp3) is 0.458. The smallest absolute Gasteiger partial charge is 0.249 e. The zero-order chi connectivity index (χ0) is 22.2. The first-order valence-corrected chi connectivity index (χ1v) is 11.0. The monoisotopic (exact) mass is 424 g/mol. The summed E-state index contributed by atoms with van der Waals surface area (Å²) in [7, 11) is 0. The lowest BCUT2D eigenvalue weighted by Crippen LogP contribution is -2.38. The van der Waals surface area contributed by atoms with Crippen molar-refractivity contribution in [1.29, 1.82) is 0 Å². The molecule has 31 heavy (non-hydrogen) atoms. The van der Waals surface area contributed by atoms with E-state index in [9.17, 15) is 9.59 Å². The number of benzene rings is 1. The van der Waals surface area contributed by atoms with Crippen molar-refractivity contribution in [3.8, 4) is 11.4 Å². The molecule has 0 atom stereocenters. The van der Waals surface area contributed by atoms with Crippen LogP contribution in [0.3, 0.4) is 0 Å². The van der Waals surface area contributed by atoms with Gasteiger partial charge in [0.25, 0.3) is 0 Å². The van der Waals surface area contributed by atoms with Crippen LogP contribution >= 0.6 is 0 Å². The lowest BCUT2D eigenvalue weighted by molar-refractivity contribution is -0.129. The van der Waals surface area contributed by atoms with Crippen LogP contribution in [0.2, 0.25) is 0 Å². The number of aromatic nitrogens is 1. The van der Waals surface area contributed by atoms with Gasteiger partial charge in [-0.05, 0) is 63.9 Å². The van der Waals surface area contributed by atoms with E-state index in [1.54, 1.807) is 6.21 Å². The molecule has 0 spiro atoms. The van der Waals surface area contributed by atoms with Gasteiger partial charge < -0.3 is 14.6 Å². The van der Waals surface area contributed by atoms with Crippen molar-refractivity contribution >= 4 is 18.0 Å². The highest BCUT2D eigenvalue weighted by atomic mass is 16.5. The maximum atomic E-state index is 12.0. The topological polar surface area (TPSA) is 84.7 Å². The summed E-state index contributed by atoms with van der Waals surface area (Å²) in [6.07, 6.45) is 6.89. The van der Waals surface area contributed by atoms with Crippen LogP contribution in [-0.2, 0) is 9.59 Å². The van der Waals surface area contributed by atoms with Gasteiger partial charge in [0.05, 0.1) is 12.8 Å². The number of nitrogens with one attached hydrogen (secondary N) is 2. The average Bonchev–Trinajstić information content (AvgIpc) is 3.03. The Labute approximate surface area is 183 Å². The van der Waals surface area contributed by atoms with Gasteiger partial charge in [-0.25, -0.2) is 5.43 Å². The molecule has 0 saturated heterocycles. The van der Waals surface area contributed by atoms with Gasteiger partial charge in [0.15, 0.2) is 0 Å². The molecule has 0 aliphatic heterocycles. The van der Waals surface area contributed by atoms with Gasteiger partial charge in [-0.2, -0.15) is 5.10 Å². The Kier molecular flexibility index (Phi) is 7.87. The van der Waals surface area contributed by atoms with Crippen molar-refractivity contribution in [3.63, 3.8) is 0 Å². The molecule has 0 unspecified atom stereocenters. The normalized spacial score (nSPS) is 14.5. The number of nitrogens with zero attached hydrogens (tertiary/aromatic N) is 2. The second kappa shape index (κ2) is 10.8. The lowest BCUT2D eigenvalue weighted by Gasteiger charge is -2.22. The zero-order valence-electron chi connectivity index (χ0n) is 18.6. The van der Waals surface area contributed by atoms with E-state index in [0.29, 0.717) is 6.61 Å². The Morgan fingerprint density at radius 2 is 1.84 bits per heavy atom. The molecule has 1 saturated carbocycles. The van der Waals surface area contributed by atoms with Crippen LogP contribution in [0.5, 0.6) is 5.75 Å². The van der Waals surface area contributed by atoms with Gasteiger partial charge in [0.2, 0.25) is 11.8 Å². The first kappa shape index (κ1) is 22.6. The highest BCUT2D eigenvalue weighted by Gasteiger charge is 2.17. The molecule has 1 heterocycles. The number of rotatable bonds is 8. The summed E-state index contributed by atoms with van der Waals surface area (Å²) in [5.74, 6) is 0.184. The fourth-order valence-corrected chi connectivity index (χ4v) is 4.06. The van der Waals surface area contributed by atoms with Crippen LogP contribution in [0.4, 0.5) is 0 Å². The van der Waals surface area contributed by atoms with Crippen LogP contribution in [0.15, 0.2) is 35.4 Å². The molecule has 0 radical (unpaired) electrons. The molecule has 3 rings (SSSR count). The van der Waals surface area contributed by atoms with Gasteiger partial charge in [-0.3, -0.25) is 9.59 Å². The van der Waals surface area contributed by atoms with Crippen LogP contribution < -0.4 is 15.5 Å². The molecule has 2 amide bonds. The van der Waals surface area contributed by atoms with Crippen LogP contribution in [0.1, 0.15) is 62.4 Å². The van der Waals surface area contributed by atoms with E-state index < -0.39 is 5.91 Å². The molecular weight excluding hydrogens is 392 g/mol. The van der Waals surface area contributed by atoms with Gasteiger partial charge in [-0.1, -0.05) is 19.3 Å². The van der Waals surface area contributed by atoms with Crippen LogP contribution in [0, 0.1) is 13.8 Å². The maximum absolute atomic E-state index is 12.0. The quantitative estimate of drug-likeness (QED) is 0.384. The van der Waals surface area contributed by atoms with Gasteiger partial charge in [-0.15, -0.1) is 0 Å². The number of aryl methyl sites for hydroxylation is 1. The Morgan fingerprint density at radius 1 is 1.13 bits per heavy atom. The summed E-state index contributed by atoms with van der Waals surface area (Å²) in [5.41, 5.74) is 6.46. The maximum Gasteiger partial charge on any atom is 0.249 e. The summed E-state index contributed by atoms with van der Waals surface area (Å²) in [5, 5.41) is 6.99. The van der Waals surface area contributed by atoms with Gasteiger partial charge in [0.1, 0.15) is 12.2 Å². The molecule has 1 aliphatic rings. The fourth-order valence-electron chi connectivity index (χ4n) is 4.06. The number of hydrazone groups is 1. The number of ether oxygens (including phenoxy) is 1. The Bertz CT molecular complexity index is 925. The molecular formula is C24H32N4O3. The SMILES string of the molecule is CCOc1ccc(-n2c(C)cc(/C=N\NC(=O)CC(=O)NC3CCCCC3)c2C)cc1. The highest BCUT2D eigenvalue weighted by molar-refractivity contribution is 5.97. The summed E-state index contributed by atoms with van der Waals surface area (Å²) < 4.78 is 7.63. The van der Waals surface area contributed by atoms with E-state index in [4.69, 9.17) is 4.74 Å². The first-order chi connectivity index (χ1) is 15.0. The van der Waals surface area contributed by atoms with Crippen molar-refractivity contribution in [3.05, 3.63) is 47.3 Å². The molecule has 2 N–H and O–H groups in total. The third-order valence-corrected chi connectivity index (χ3v) is 5.56. The van der Waals surface area contributed by atoms with E-state index in [2.05, 4.69) is 20.4 Å². The van der Waals surface area contributed by atoms with Crippen LogP contribution in [0.25, 0.3) is 5.69 Å². The van der Waals surface area contributed by atoms with Crippen molar-refractivity contribution in [2.24, 2.45) is 5.10 Å². The first-order valence-electron chi connectivity index (χ1n) is 11.0. The van der Waals surface area contributed by atoms with Crippen molar-refractivity contribution in [2.45, 2.75) is 65.3 Å². The summed E-state index contributed by atoms with van der Waals surface area (Å²) in [6.45, 7) is 6.62. The third kappa shape index (κ3) is 6.20. The molecule has 7 heteroatoms. The van der Waals surface area contributed by atoms with E-state index in [1.807, 2.05) is 51.1 Å². The van der Waals surface area contributed by atoms with Crippen LogP contribution in [-0.4, -0.2) is 35.2 Å². The van der Waals surface area contributed by atoms with Crippen molar-refractivity contribution < 1.29 is 14.3 Å². The van der Waals surface area contributed by atoms with Crippen molar-refractivity contribution in [2.75, 3.05) is 6.61 Å². The molecule has 1 fully saturated rings. The number of carbonyl (C=O) groups excluding carboxylic acids is 2. The number of hydrogen-bond acceptors (Lipinski definition) is 4. The minimum absolute atomic E-state index is 0.200. The molecule has 0 bridgehead atoms. The Balaban J connectivity index is 1.56. The predicted molar refractivity (Wildman–Crippen MR) is 122 cm³/mol. The van der Waals surface area contributed by atoms with Gasteiger partial charge >= 0.3 is 0 Å². The Morgan fingerprint density at radius 3 is 2.52 bits per heavy atom. The number of amides is 2. The summed E-state index contributed by atoms with van der Waals surface area (Å²) in [6, 6.07) is 10.1. The number of hydrogen-bond donors (Lipinski definition) is 2. The molecule has 1 aliphatic carbocycles. The van der Waals surface area contributed by atoms with Crippen molar-refractivity contribution in [1.82, 2.24) is 15.3 Å². The molecule has 1 aromatic heterocycles. The zero-order valence-corrected chi connectivity index (χ0v) is 18.6. The Hall–Kier alpha value is -3.09. The summed E-state index contributed by atoms with van der Waals surface area (Å²) in [4.78, 5) is 24.1. The second-order valence-electron chi connectivity index (χ2n) is 7.96. The van der Waals surface area contributed by atoms with E-state index >= 15 is 0 Å². The molecule has 2 aromatic rings. The standard InChI is InChI=1S/C24H32N4O3/c1-4-31-22-12-10-21(11-13-22)28-17(2)14-19(18(28)3)16-25-27-24(30)15-23(29)26-20-8-6-5-7-9-20/h10-14,16,20H,4-9,15H2,1-3H3,(H,26,29)(H,27,30)/b25-16-. The van der Waals surface area contributed by atoms with E-state index in [-0.39, 0.29) is 18.4 Å². The lowest BCUT2D eigenvalue weighted by atomic mass is 9.95. The minimum Gasteiger partial charge on any atom is -0.494 e. The third-order valence-electron chi connectivity index (χ3n) is 5.56. The van der Waals surface area contributed by atoms with Gasteiger partial charge in [0, 0.05) is 28.7 Å². The molecule has 1 aromatic carbocycles. The molecule has 7 nitrogen and oxygen atoms in total. The average molecular weight is 425 g/mol. The largest absolute Gasteiger partial charge is 0.494 e. The second-order valence-corrected chi connectivity index (χ2v) is 7.96. The van der Waals surface area contributed by atoms with E-state index in [1.165, 1.54) is 6.42 Å².